The molecule has 43 heavy (non-hydrogen) atoms. The van der Waals surface area contributed by atoms with E-state index in [-0.39, 0.29) is 53.0 Å². The summed E-state index contributed by atoms with van der Waals surface area (Å²) in [7, 11) is -0.616. The van der Waals surface area contributed by atoms with E-state index < -0.39 is 37.3 Å². The van der Waals surface area contributed by atoms with Gasteiger partial charge in [-0.05, 0) is 86.0 Å². The van der Waals surface area contributed by atoms with Crippen LogP contribution in [0, 0.1) is 28.6 Å². The zero-order valence-corrected chi connectivity index (χ0v) is 28.0. The Morgan fingerprint density at radius 2 is 1.86 bits per heavy atom. The normalized spacial score (nSPS) is 38.3. The Hall–Kier alpha value is -2.71. The highest BCUT2D eigenvalue weighted by molar-refractivity contribution is 6.74. The van der Waals surface area contributed by atoms with Gasteiger partial charge in [0.2, 0.25) is 8.32 Å². The molecule has 1 aromatic rings. The van der Waals surface area contributed by atoms with Crippen LogP contribution >= 0.6 is 0 Å². The summed E-state index contributed by atoms with van der Waals surface area (Å²) in [6.45, 7) is 17.2. The number of carbonyl (C=O) groups excluding carboxylic acids is 3. The number of allylic oxidation sites excluding steroid dienone is 2. The van der Waals surface area contributed by atoms with Crippen LogP contribution in [-0.2, 0) is 28.6 Å². The smallest absolute Gasteiger partial charge is 0.316 e. The lowest BCUT2D eigenvalue weighted by Crippen LogP contribution is -2.65. The molecule has 0 spiro atoms. The zero-order valence-electron chi connectivity index (χ0n) is 27.0. The first-order chi connectivity index (χ1) is 20.0. The second kappa shape index (κ2) is 9.90. The van der Waals surface area contributed by atoms with Crippen molar-refractivity contribution in [1.29, 1.82) is 0 Å². The summed E-state index contributed by atoms with van der Waals surface area (Å²) in [5, 5.41) is 0.0958. The quantitative estimate of drug-likeness (QED) is 0.214. The van der Waals surface area contributed by atoms with Crippen molar-refractivity contribution in [1.82, 2.24) is 0 Å². The Labute approximate surface area is 256 Å². The summed E-state index contributed by atoms with van der Waals surface area (Å²) in [5.41, 5.74) is 1.83. The molecule has 0 amide bonds. The van der Waals surface area contributed by atoms with Crippen molar-refractivity contribution < 1.29 is 33.0 Å². The third kappa shape index (κ3) is 4.41. The van der Waals surface area contributed by atoms with Crippen LogP contribution in [0.25, 0.3) is 0 Å². The number of benzene rings is 1. The van der Waals surface area contributed by atoms with Crippen molar-refractivity contribution >= 4 is 26.0 Å². The average Bonchev–Trinajstić information content (AvgIpc) is 3.40. The Bertz CT molecular complexity index is 1440. The first-order valence-corrected chi connectivity index (χ1v) is 18.6. The molecule has 7 nitrogen and oxygen atoms in total. The second-order valence-corrected chi connectivity index (χ2v) is 20.1. The third-order valence-corrected chi connectivity index (χ3v) is 16.5. The number of hydrogen-bond donors (Lipinski definition) is 0. The second-order valence-electron chi connectivity index (χ2n) is 15.4. The van der Waals surface area contributed by atoms with Crippen molar-refractivity contribution in [3.8, 4) is 5.75 Å². The summed E-state index contributed by atoms with van der Waals surface area (Å²) in [6, 6.07) is 8.48. The molecule has 9 atom stereocenters. The maximum Gasteiger partial charge on any atom is 0.316 e. The van der Waals surface area contributed by atoms with Crippen LogP contribution < -0.4 is 4.43 Å². The maximum absolute atomic E-state index is 13.7. The third-order valence-electron chi connectivity index (χ3n) is 12.1. The predicted octanol–water partition coefficient (Wildman–Crippen LogP) is 6.53. The van der Waals surface area contributed by atoms with Crippen molar-refractivity contribution in [3.05, 3.63) is 53.1 Å². The van der Waals surface area contributed by atoms with Gasteiger partial charge in [0.1, 0.15) is 11.9 Å². The first-order valence-electron chi connectivity index (χ1n) is 15.7. The van der Waals surface area contributed by atoms with Crippen molar-refractivity contribution in [3.63, 3.8) is 0 Å². The van der Waals surface area contributed by atoms with Gasteiger partial charge in [-0.15, -0.1) is 0 Å². The van der Waals surface area contributed by atoms with E-state index in [4.69, 9.17) is 18.6 Å². The number of methoxy groups -OCH3 is 1. The van der Waals surface area contributed by atoms with Gasteiger partial charge in [-0.1, -0.05) is 51.5 Å². The highest BCUT2D eigenvalue weighted by Gasteiger charge is 2.73. The minimum Gasteiger partial charge on any atom is -0.543 e. The van der Waals surface area contributed by atoms with E-state index in [1.807, 2.05) is 13.8 Å². The van der Waals surface area contributed by atoms with Crippen LogP contribution in [0.1, 0.15) is 72.3 Å². The van der Waals surface area contributed by atoms with Crippen LogP contribution in [0.2, 0.25) is 18.1 Å². The maximum atomic E-state index is 13.7. The highest BCUT2D eigenvalue weighted by Crippen LogP contribution is 2.66. The SMILES string of the molecule is COC(=O)C[C@H]1[C@@H]2CC3=C(C)[C@@H](c4cccc(O[Si](C)(C)C(C)(C)C)c4)C[C@H]3O[C@@H]2[C@@H]2OC(=O)[C@]3(C)C=CC(=O)[C@@]1(C)[C@@H]23. The number of ether oxygens (including phenoxy) is 3. The van der Waals surface area contributed by atoms with E-state index in [0.717, 1.165) is 12.2 Å². The summed E-state index contributed by atoms with van der Waals surface area (Å²) < 4.78 is 24.8. The molecule has 6 rings (SSSR count). The molecule has 0 aromatic heterocycles. The number of ketones is 1. The van der Waals surface area contributed by atoms with Crippen molar-refractivity contribution in [2.75, 3.05) is 7.11 Å². The first kappa shape index (κ1) is 30.3. The van der Waals surface area contributed by atoms with Crippen molar-refractivity contribution in [2.45, 2.75) is 103 Å². The Kier molecular flexibility index (Phi) is 6.98. The standard InChI is InChI=1S/C35H46O7Si/c1-19-22(20-11-10-12-21(15-20)42-43(8,9)33(2,3)4)17-26-23(19)16-24-25(18-28(37)39-7)35(6)27(36)13-14-34(5)31(35)30(29(24)40-26)41-32(34)38/h10-15,22,24-26,29-31H,16-18H2,1-9H3/t22-,24-,25-,26+,29-,30-,31-,34+,35-/m0/s1. The van der Waals surface area contributed by atoms with Crippen LogP contribution in [0.4, 0.5) is 0 Å². The van der Waals surface area contributed by atoms with Gasteiger partial charge in [0.05, 0.1) is 24.7 Å². The molecule has 3 aliphatic carbocycles. The van der Waals surface area contributed by atoms with Gasteiger partial charge < -0.3 is 18.6 Å². The fourth-order valence-electron chi connectivity index (χ4n) is 8.67. The van der Waals surface area contributed by atoms with Crippen LogP contribution in [-0.4, -0.2) is 51.5 Å². The van der Waals surface area contributed by atoms with Gasteiger partial charge in [-0.25, -0.2) is 0 Å². The van der Waals surface area contributed by atoms with Crippen molar-refractivity contribution in [2.24, 2.45) is 28.6 Å². The van der Waals surface area contributed by atoms with Gasteiger partial charge in [0.15, 0.2) is 5.78 Å². The molecule has 2 aliphatic heterocycles. The Morgan fingerprint density at radius 1 is 1.14 bits per heavy atom. The zero-order chi connectivity index (χ0) is 31.3. The number of hydrogen-bond acceptors (Lipinski definition) is 7. The van der Waals surface area contributed by atoms with E-state index >= 15 is 0 Å². The number of carbonyl (C=O) groups is 3. The summed E-state index contributed by atoms with van der Waals surface area (Å²) in [5.74, 6) is -0.574. The van der Waals surface area contributed by atoms with Gasteiger partial charge in [-0.3, -0.25) is 14.4 Å². The topological polar surface area (TPSA) is 88.1 Å². The molecule has 2 heterocycles. The van der Waals surface area contributed by atoms with Gasteiger partial charge >= 0.3 is 11.9 Å². The molecule has 2 saturated heterocycles. The Balaban J connectivity index is 1.36. The number of fused-ring (bicyclic) bond motifs is 3. The number of esters is 2. The molecule has 0 bridgehead atoms. The van der Waals surface area contributed by atoms with E-state index in [2.05, 4.69) is 65.1 Å². The van der Waals surface area contributed by atoms with Gasteiger partial charge in [0, 0.05) is 23.7 Å². The van der Waals surface area contributed by atoms with Crippen LogP contribution in [0.5, 0.6) is 5.75 Å². The van der Waals surface area contributed by atoms with Gasteiger partial charge in [-0.2, -0.15) is 0 Å². The fourth-order valence-corrected chi connectivity index (χ4v) is 9.69. The van der Waals surface area contributed by atoms with Crippen LogP contribution in [0.3, 0.4) is 0 Å². The average molecular weight is 607 g/mol. The summed E-state index contributed by atoms with van der Waals surface area (Å²) >= 11 is 0. The molecular weight excluding hydrogens is 560 g/mol. The van der Waals surface area contributed by atoms with Crippen LogP contribution in [0.15, 0.2) is 47.6 Å². The predicted molar refractivity (Wildman–Crippen MR) is 165 cm³/mol. The monoisotopic (exact) mass is 606 g/mol. The van der Waals surface area contributed by atoms with E-state index in [9.17, 15) is 14.4 Å². The summed E-state index contributed by atoms with van der Waals surface area (Å²) in [4.78, 5) is 39.9. The molecule has 5 aliphatic rings. The molecule has 0 N–H and O–H groups in total. The lowest BCUT2D eigenvalue weighted by atomic mass is 9.45. The highest BCUT2D eigenvalue weighted by atomic mass is 28.4. The van der Waals surface area contributed by atoms with Gasteiger partial charge in [0.25, 0.3) is 0 Å². The van der Waals surface area contributed by atoms with E-state index in [1.165, 1.54) is 29.9 Å². The Morgan fingerprint density at radius 3 is 2.53 bits per heavy atom. The fraction of sp³-hybridized carbons (Fsp3) is 0.629. The molecule has 1 saturated carbocycles. The van der Waals surface area contributed by atoms with E-state index in [1.54, 1.807) is 6.08 Å². The molecule has 1 aromatic carbocycles. The molecule has 232 valence electrons. The summed E-state index contributed by atoms with van der Waals surface area (Å²) in [6.07, 6.45) is 3.79. The largest absolute Gasteiger partial charge is 0.543 e. The molecule has 0 unspecified atom stereocenters. The molecular formula is C35H46O7Si. The van der Waals surface area contributed by atoms with E-state index in [0.29, 0.717) is 6.42 Å². The minimum absolute atomic E-state index is 0.0544. The lowest BCUT2D eigenvalue weighted by molar-refractivity contribution is -0.204. The lowest BCUT2D eigenvalue weighted by Gasteiger charge is -2.58. The molecule has 3 fully saturated rings. The molecule has 8 heteroatoms. The number of rotatable bonds is 5. The minimum atomic E-state index is -2.00. The molecule has 0 radical (unpaired) electrons.